The van der Waals surface area contributed by atoms with Gasteiger partial charge in [-0.1, -0.05) is 30.3 Å². The Morgan fingerprint density at radius 2 is 1.84 bits per heavy atom. The van der Waals surface area contributed by atoms with Crippen molar-refractivity contribution in [3.63, 3.8) is 0 Å². The largest absolute Gasteiger partial charge is 0.444 e. The molecule has 0 fully saturated rings. The lowest BCUT2D eigenvalue weighted by Gasteiger charge is -2.08. The predicted molar refractivity (Wildman–Crippen MR) is 70.8 cm³/mol. The van der Waals surface area contributed by atoms with Crippen LogP contribution in [-0.4, -0.2) is 16.4 Å². The van der Waals surface area contributed by atoms with Crippen molar-refractivity contribution in [1.82, 2.24) is 4.57 Å². The molecule has 0 N–H and O–H groups in total. The van der Waals surface area contributed by atoms with Gasteiger partial charge in [0.15, 0.2) is 0 Å². The zero-order valence-corrected chi connectivity index (χ0v) is 10.7. The van der Waals surface area contributed by atoms with Crippen LogP contribution in [0, 0.1) is 0 Å². The first-order valence-electron chi connectivity index (χ1n) is 6.03. The maximum atomic E-state index is 11.9. The van der Waals surface area contributed by atoms with Crippen molar-refractivity contribution in [1.29, 1.82) is 0 Å². The predicted octanol–water partition coefficient (Wildman–Crippen LogP) is 2.80. The number of hydrogen-bond donors (Lipinski definition) is 0. The van der Waals surface area contributed by atoms with Crippen LogP contribution in [0.4, 0.5) is 4.79 Å². The molecule has 98 valence electrons. The Labute approximate surface area is 111 Å². The SMILES string of the molecule is CC(=O)Cc1cccn1C(=O)OCc1ccccc1. The van der Waals surface area contributed by atoms with E-state index in [-0.39, 0.29) is 18.8 Å². The highest BCUT2D eigenvalue weighted by Crippen LogP contribution is 2.07. The summed E-state index contributed by atoms with van der Waals surface area (Å²) in [5, 5.41) is 0. The van der Waals surface area contributed by atoms with Crippen LogP contribution in [0.2, 0.25) is 0 Å². The lowest BCUT2D eigenvalue weighted by Crippen LogP contribution is -2.16. The van der Waals surface area contributed by atoms with Gasteiger partial charge in [0.2, 0.25) is 0 Å². The molecule has 1 aromatic carbocycles. The van der Waals surface area contributed by atoms with Gasteiger partial charge in [0, 0.05) is 18.3 Å². The fraction of sp³-hybridized carbons (Fsp3) is 0.200. The molecule has 0 aliphatic heterocycles. The summed E-state index contributed by atoms with van der Waals surface area (Å²) in [5.41, 5.74) is 1.57. The molecule has 0 unspecified atom stereocenters. The first kappa shape index (κ1) is 13.1. The molecule has 4 nitrogen and oxygen atoms in total. The van der Waals surface area contributed by atoms with E-state index < -0.39 is 6.09 Å². The van der Waals surface area contributed by atoms with E-state index >= 15 is 0 Å². The Morgan fingerprint density at radius 1 is 1.11 bits per heavy atom. The van der Waals surface area contributed by atoms with Crippen molar-refractivity contribution in [2.45, 2.75) is 20.0 Å². The average molecular weight is 257 g/mol. The van der Waals surface area contributed by atoms with Gasteiger partial charge >= 0.3 is 6.09 Å². The second-order valence-corrected chi connectivity index (χ2v) is 4.29. The van der Waals surface area contributed by atoms with Crippen LogP contribution in [0.5, 0.6) is 0 Å². The molecule has 0 atom stereocenters. The Bertz CT molecular complexity index is 572. The smallest absolute Gasteiger partial charge is 0.418 e. The third-order valence-electron chi connectivity index (χ3n) is 2.67. The number of carbonyl (C=O) groups excluding carboxylic acids is 2. The van der Waals surface area contributed by atoms with Crippen LogP contribution in [0.25, 0.3) is 0 Å². The fourth-order valence-electron chi connectivity index (χ4n) is 1.78. The Hall–Kier alpha value is -2.36. The maximum Gasteiger partial charge on any atom is 0.418 e. The summed E-state index contributed by atoms with van der Waals surface area (Å²) in [6, 6.07) is 12.9. The normalized spacial score (nSPS) is 10.2. The van der Waals surface area contributed by atoms with Crippen LogP contribution in [0.1, 0.15) is 18.2 Å². The lowest BCUT2D eigenvalue weighted by atomic mass is 10.2. The summed E-state index contributed by atoms with van der Waals surface area (Å²) in [5.74, 6) is 0.0100. The Balaban J connectivity index is 2.00. The molecule has 0 spiro atoms. The fourth-order valence-corrected chi connectivity index (χ4v) is 1.78. The second kappa shape index (κ2) is 6.00. The van der Waals surface area contributed by atoms with E-state index in [1.165, 1.54) is 11.5 Å². The first-order chi connectivity index (χ1) is 9.16. The highest BCUT2D eigenvalue weighted by molar-refractivity contribution is 5.80. The first-order valence-corrected chi connectivity index (χ1v) is 6.03. The van der Waals surface area contributed by atoms with Crippen molar-refractivity contribution < 1.29 is 14.3 Å². The molecule has 0 saturated heterocycles. The van der Waals surface area contributed by atoms with Gasteiger partial charge in [-0.3, -0.25) is 9.36 Å². The van der Waals surface area contributed by atoms with Crippen LogP contribution in [0.3, 0.4) is 0 Å². The molecule has 0 saturated carbocycles. The number of hydrogen-bond acceptors (Lipinski definition) is 3. The average Bonchev–Trinajstić information content (AvgIpc) is 2.84. The quantitative estimate of drug-likeness (QED) is 0.846. The third kappa shape index (κ3) is 3.55. The van der Waals surface area contributed by atoms with Crippen molar-refractivity contribution in [3.05, 3.63) is 59.9 Å². The van der Waals surface area contributed by atoms with Gasteiger partial charge in [-0.15, -0.1) is 0 Å². The van der Waals surface area contributed by atoms with Crippen molar-refractivity contribution in [2.24, 2.45) is 0 Å². The number of ether oxygens (including phenoxy) is 1. The van der Waals surface area contributed by atoms with E-state index in [9.17, 15) is 9.59 Å². The van der Waals surface area contributed by atoms with Gasteiger partial charge in [0.1, 0.15) is 12.4 Å². The highest BCUT2D eigenvalue weighted by Gasteiger charge is 2.11. The van der Waals surface area contributed by atoms with E-state index in [0.29, 0.717) is 5.69 Å². The zero-order chi connectivity index (χ0) is 13.7. The molecule has 4 heteroatoms. The molecule has 2 aromatic rings. The Morgan fingerprint density at radius 3 is 2.53 bits per heavy atom. The Kier molecular flexibility index (Phi) is 4.13. The van der Waals surface area contributed by atoms with E-state index in [2.05, 4.69) is 0 Å². The summed E-state index contributed by atoms with van der Waals surface area (Å²) < 4.78 is 6.57. The number of nitrogens with zero attached hydrogens (tertiary/aromatic N) is 1. The standard InChI is InChI=1S/C15H15NO3/c1-12(17)10-14-8-5-9-16(14)15(18)19-11-13-6-3-2-4-7-13/h2-9H,10-11H2,1H3. The van der Waals surface area contributed by atoms with Crippen molar-refractivity contribution in [3.8, 4) is 0 Å². The summed E-state index contributed by atoms with van der Waals surface area (Å²) in [6.45, 7) is 1.71. The summed E-state index contributed by atoms with van der Waals surface area (Å²) >= 11 is 0. The van der Waals surface area contributed by atoms with Gasteiger partial charge in [-0.2, -0.15) is 0 Å². The summed E-state index contributed by atoms with van der Waals surface area (Å²) in [4.78, 5) is 23.0. The molecule has 1 heterocycles. The number of Topliss-reactive ketones (excluding diaryl/α,β-unsaturated/α-hetero) is 1. The van der Waals surface area contributed by atoms with Gasteiger partial charge in [0.25, 0.3) is 0 Å². The molecular weight excluding hydrogens is 242 g/mol. The number of carbonyl (C=O) groups is 2. The molecule has 0 aliphatic carbocycles. The minimum absolute atomic E-state index is 0.0100. The molecular formula is C15H15NO3. The van der Waals surface area contributed by atoms with Gasteiger partial charge in [-0.05, 0) is 24.6 Å². The van der Waals surface area contributed by atoms with E-state index in [4.69, 9.17) is 4.74 Å². The summed E-state index contributed by atoms with van der Waals surface area (Å²) in [7, 11) is 0. The minimum atomic E-state index is -0.467. The molecule has 1 aromatic heterocycles. The molecule has 0 bridgehead atoms. The van der Waals surface area contributed by atoms with Crippen LogP contribution >= 0.6 is 0 Å². The van der Waals surface area contributed by atoms with Crippen LogP contribution < -0.4 is 0 Å². The zero-order valence-electron chi connectivity index (χ0n) is 10.7. The molecule has 0 radical (unpaired) electrons. The maximum absolute atomic E-state index is 11.9. The van der Waals surface area contributed by atoms with E-state index in [0.717, 1.165) is 5.56 Å². The number of ketones is 1. The summed E-state index contributed by atoms with van der Waals surface area (Å²) in [6.07, 6.45) is 1.36. The van der Waals surface area contributed by atoms with Crippen LogP contribution in [0.15, 0.2) is 48.7 Å². The van der Waals surface area contributed by atoms with Gasteiger partial charge < -0.3 is 4.74 Å². The molecule has 0 aliphatic rings. The lowest BCUT2D eigenvalue weighted by molar-refractivity contribution is -0.116. The number of aromatic nitrogens is 1. The topological polar surface area (TPSA) is 48.3 Å². The number of benzene rings is 1. The number of rotatable bonds is 4. The van der Waals surface area contributed by atoms with Gasteiger partial charge in [0.05, 0.1) is 0 Å². The second-order valence-electron chi connectivity index (χ2n) is 4.29. The monoisotopic (exact) mass is 257 g/mol. The molecule has 2 rings (SSSR count). The van der Waals surface area contributed by atoms with Crippen molar-refractivity contribution >= 4 is 11.9 Å². The van der Waals surface area contributed by atoms with E-state index in [1.54, 1.807) is 18.3 Å². The van der Waals surface area contributed by atoms with E-state index in [1.807, 2.05) is 30.3 Å². The van der Waals surface area contributed by atoms with Crippen molar-refractivity contribution in [2.75, 3.05) is 0 Å². The third-order valence-corrected chi connectivity index (χ3v) is 2.67. The molecule has 0 amide bonds. The van der Waals surface area contributed by atoms with Gasteiger partial charge in [-0.25, -0.2) is 4.79 Å². The minimum Gasteiger partial charge on any atom is -0.444 e. The molecule has 19 heavy (non-hydrogen) atoms. The van der Waals surface area contributed by atoms with Crippen LogP contribution in [-0.2, 0) is 22.6 Å². The highest BCUT2D eigenvalue weighted by atomic mass is 16.5.